The van der Waals surface area contributed by atoms with Crippen molar-refractivity contribution in [1.29, 1.82) is 0 Å². The Kier molecular flexibility index (Phi) is 14.0. The molecule has 0 atom stereocenters. The van der Waals surface area contributed by atoms with E-state index in [9.17, 15) is 0 Å². The second kappa shape index (κ2) is 15.3. The van der Waals surface area contributed by atoms with Gasteiger partial charge in [-0.1, -0.05) is 76.3 Å². The summed E-state index contributed by atoms with van der Waals surface area (Å²) in [5, 5.41) is 0. The normalized spacial score (nSPS) is 11.2. The fourth-order valence-electron chi connectivity index (χ4n) is 4.04. The Bertz CT molecular complexity index is 1130. The van der Waals surface area contributed by atoms with Crippen LogP contribution in [-0.2, 0) is 47.9 Å². The Morgan fingerprint density at radius 2 is 1.38 bits per heavy atom. The molecule has 4 aromatic rings. The standard InChI is InChI=1S/C21H25.C8H8.C5H5.2BrH.Zr/c1-20(2,3)16-9-7-14-11-15-8-10-17(21(4,5)6)13-19(15)18(14)12-16;1-2-8-6-4-3-5-7-8;1-2-4-5-3-1;;;/h7,9-10,12-13H,11H2,1-6H3;1,3-7H,2H2;1-5H;2*1H;/q-1;;-1;;;+2/p-2. The summed E-state index contributed by atoms with van der Waals surface area (Å²) in [6.45, 7) is 13.6. The summed E-state index contributed by atoms with van der Waals surface area (Å²) in [6.07, 6.45) is 2.15. The van der Waals surface area contributed by atoms with Crippen LogP contribution in [0.15, 0.2) is 91.0 Å². The van der Waals surface area contributed by atoms with Gasteiger partial charge in [0, 0.05) is 0 Å². The van der Waals surface area contributed by atoms with Crippen molar-refractivity contribution < 1.29 is 58.2 Å². The van der Waals surface area contributed by atoms with E-state index in [-0.39, 0.29) is 44.8 Å². The summed E-state index contributed by atoms with van der Waals surface area (Å²) in [5.74, 6) is 0. The minimum atomic E-state index is 0. The van der Waals surface area contributed by atoms with Crippen LogP contribution >= 0.6 is 0 Å². The van der Waals surface area contributed by atoms with Crippen LogP contribution in [0.5, 0.6) is 0 Å². The monoisotopic (exact) mass is 694 g/mol. The molecule has 0 unspecified atom stereocenters. The summed E-state index contributed by atoms with van der Waals surface area (Å²) in [4.78, 5) is 0. The third-order valence-corrected chi connectivity index (χ3v) is 6.76. The fourth-order valence-corrected chi connectivity index (χ4v) is 4.62. The van der Waals surface area contributed by atoms with E-state index >= 15 is 0 Å². The molecule has 5 rings (SSSR count). The third kappa shape index (κ3) is 10.1. The summed E-state index contributed by atoms with van der Waals surface area (Å²) in [5.41, 5.74) is 10.2. The molecular weight excluding hydrogens is 659 g/mol. The Morgan fingerprint density at radius 1 is 0.784 bits per heavy atom. The number of rotatable bonds is 2. The van der Waals surface area contributed by atoms with Crippen LogP contribution in [0, 0.1) is 6.07 Å². The first kappa shape index (κ1) is 33.8. The molecular formula is C34H38Br2Zr-2. The van der Waals surface area contributed by atoms with Crippen LogP contribution in [0.2, 0.25) is 0 Å². The summed E-state index contributed by atoms with van der Waals surface area (Å²) < 4.78 is 2.25. The zero-order chi connectivity index (χ0) is 25.5. The molecule has 3 heteroatoms. The molecule has 37 heavy (non-hydrogen) atoms. The average Bonchev–Trinajstić information content (AvgIpc) is 3.50. The Labute approximate surface area is 261 Å². The minimum absolute atomic E-state index is 0. The van der Waals surface area contributed by atoms with Crippen LogP contribution in [0.3, 0.4) is 0 Å². The quantitative estimate of drug-likeness (QED) is 0.249. The van der Waals surface area contributed by atoms with Crippen LogP contribution in [0.25, 0.3) is 11.1 Å². The zero-order valence-corrected chi connectivity index (χ0v) is 28.5. The van der Waals surface area contributed by atoms with Crippen molar-refractivity contribution in [2.24, 2.45) is 0 Å². The van der Waals surface area contributed by atoms with E-state index in [1.165, 1.54) is 63.2 Å². The molecule has 194 valence electrons. The maximum atomic E-state index is 3.53. The molecule has 0 nitrogen and oxygen atoms in total. The SMILES string of the molecule is CC(C)(C)c1c[c-]c2c(c1)-c1cc(C(C)(C)C)ccc1C2.[Br-].[Br-].[Zr+2]=[CH]Cc1ccccc1.c1cc[cH-]c1. The van der Waals surface area contributed by atoms with Crippen molar-refractivity contribution in [1.82, 2.24) is 0 Å². The molecule has 0 fully saturated rings. The third-order valence-electron chi connectivity index (χ3n) is 6.26. The molecule has 1 aliphatic rings. The summed E-state index contributed by atoms with van der Waals surface area (Å²) >= 11 is 1.51. The number of halogens is 2. The smallest absolute Gasteiger partial charge is 0.172 e. The van der Waals surface area contributed by atoms with Crippen LogP contribution in [0.1, 0.15) is 69.4 Å². The number of benzene rings is 3. The van der Waals surface area contributed by atoms with Crippen molar-refractivity contribution in [2.45, 2.75) is 65.2 Å². The first-order valence-corrected chi connectivity index (χ1v) is 13.9. The largest absolute Gasteiger partial charge is 0.214 e. The van der Waals surface area contributed by atoms with Gasteiger partial charge in [-0.15, -0.1) is 5.56 Å². The van der Waals surface area contributed by atoms with Crippen molar-refractivity contribution in [2.75, 3.05) is 0 Å². The maximum absolute atomic E-state index is 3.53. The second-order valence-electron chi connectivity index (χ2n) is 11.2. The van der Waals surface area contributed by atoms with Gasteiger partial charge in [0.2, 0.25) is 0 Å². The van der Waals surface area contributed by atoms with Crippen molar-refractivity contribution in [3.05, 3.63) is 125 Å². The van der Waals surface area contributed by atoms with Crippen molar-refractivity contribution in [3.63, 3.8) is 0 Å². The zero-order valence-electron chi connectivity index (χ0n) is 22.9. The Balaban J connectivity index is 0.000000354. The first-order chi connectivity index (χ1) is 16.6. The van der Waals surface area contributed by atoms with E-state index in [4.69, 9.17) is 0 Å². The maximum Gasteiger partial charge on any atom is -0.172 e. The molecule has 0 amide bonds. The van der Waals surface area contributed by atoms with E-state index in [0.717, 1.165) is 12.8 Å². The molecule has 0 spiro atoms. The molecule has 0 saturated heterocycles. The number of hydrogen-bond donors (Lipinski definition) is 0. The van der Waals surface area contributed by atoms with E-state index in [2.05, 4.69) is 106 Å². The molecule has 0 bridgehead atoms. The van der Waals surface area contributed by atoms with E-state index in [1.807, 2.05) is 36.4 Å². The van der Waals surface area contributed by atoms with Crippen LogP contribution in [-0.4, -0.2) is 3.71 Å². The minimum Gasteiger partial charge on any atom is -0.214 e. The van der Waals surface area contributed by atoms with E-state index in [0.29, 0.717) is 0 Å². The predicted octanol–water partition coefficient (Wildman–Crippen LogP) is 2.64. The van der Waals surface area contributed by atoms with Crippen LogP contribution in [0.4, 0.5) is 0 Å². The summed E-state index contributed by atoms with van der Waals surface area (Å²) in [6, 6.07) is 35.6. The van der Waals surface area contributed by atoms with Gasteiger partial charge in [0.15, 0.2) is 0 Å². The molecule has 4 aromatic carbocycles. The predicted molar refractivity (Wildman–Crippen MR) is 149 cm³/mol. The van der Waals surface area contributed by atoms with Gasteiger partial charge in [0.25, 0.3) is 0 Å². The van der Waals surface area contributed by atoms with Gasteiger partial charge in [-0.25, -0.2) is 12.1 Å². The molecule has 0 N–H and O–H groups in total. The van der Waals surface area contributed by atoms with Crippen molar-refractivity contribution in [3.8, 4) is 11.1 Å². The molecule has 0 radical (unpaired) electrons. The van der Waals surface area contributed by atoms with Crippen LogP contribution < -0.4 is 34.0 Å². The second-order valence-corrected chi connectivity index (χ2v) is 12.2. The molecule has 0 aromatic heterocycles. The van der Waals surface area contributed by atoms with E-state index in [1.54, 1.807) is 0 Å². The van der Waals surface area contributed by atoms with Gasteiger partial charge < -0.3 is 34.0 Å². The topological polar surface area (TPSA) is 0 Å². The molecule has 0 saturated carbocycles. The first-order valence-electron chi connectivity index (χ1n) is 12.5. The van der Waals surface area contributed by atoms with Gasteiger partial charge in [0.05, 0.1) is 0 Å². The number of fused-ring (bicyclic) bond motifs is 3. The Hall–Kier alpha value is -1.28. The fraction of sp³-hybridized carbons (Fsp3) is 0.294. The molecule has 0 heterocycles. The van der Waals surface area contributed by atoms with Gasteiger partial charge in [-0.05, 0) is 17.4 Å². The van der Waals surface area contributed by atoms with Crippen molar-refractivity contribution >= 4 is 3.71 Å². The summed E-state index contributed by atoms with van der Waals surface area (Å²) in [7, 11) is 0. The van der Waals surface area contributed by atoms with Gasteiger partial charge in [0.1, 0.15) is 0 Å². The van der Waals surface area contributed by atoms with Gasteiger partial charge in [-0.3, -0.25) is 0 Å². The average molecular weight is 698 g/mol. The van der Waals surface area contributed by atoms with Gasteiger partial charge >= 0.3 is 70.3 Å². The van der Waals surface area contributed by atoms with Gasteiger partial charge in [-0.2, -0.15) is 47.5 Å². The Morgan fingerprint density at radius 3 is 1.89 bits per heavy atom. The molecule has 1 aliphatic carbocycles. The van der Waals surface area contributed by atoms with E-state index < -0.39 is 0 Å². The number of hydrogen-bond acceptors (Lipinski definition) is 0. The molecule has 0 aliphatic heterocycles.